The van der Waals surface area contributed by atoms with Gasteiger partial charge in [-0.3, -0.25) is 14.9 Å². The summed E-state index contributed by atoms with van der Waals surface area (Å²) in [4.78, 5) is 22.0. The van der Waals surface area contributed by atoms with Crippen molar-refractivity contribution in [2.24, 2.45) is 0 Å². The summed E-state index contributed by atoms with van der Waals surface area (Å²) in [5.74, 6) is -0.530. The largest absolute Gasteiger partial charge is 0.312 e. The van der Waals surface area contributed by atoms with Gasteiger partial charge in [-0.2, -0.15) is 0 Å². The highest BCUT2D eigenvalue weighted by Gasteiger charge is 2.17. The number of nitro benzene ring substituents is 1. The molecule has 21 heavy (non-hydrogen) atoms. The summed E-state index contributed by atoms with van der Waals surface area (Å²) >= 11 is 1.09. The number of carbonyl (C=O) groups is 1. The Hall–Kier alpha value is -2.26. The van der Waals surface area contributed by atoms with Crippen LogP contribution in [0.5, 0.6) is 0 Å². The number of sulfone groups is 1. The number of rotatable bonds is 4. The van der Waals surface area contributed by atoms with Crippen molar-refractivity contribution in [3.8, 4) is 0 Å². The van der Waals surface area contributed by atoms with Crippen LogP contribution in [0.2, 0.25) is 0 Å². The molecule has 110 valence electrons. The number of anilines is 1. The monoisotopic (exact) mass is 326 g/mol. The zero-order valence-corrected chi connectivity index (χ0v) is 12.4. The van der Waals surface area contributed by atoms with Crippen molar-refractivity contribution in [3.05, 3.63) is 51.4 Å². The lowest BCUT2D eigenvalue weighted by atomic mass is 10.2. The Balaban J connectivity index is 2.23. The molecule has 2 rings (SSSR count). The molecule has 0 fully saturated rings. The molecule has 1 heterocycles. The molecule has 1 amide bonds. The molecule has 0 aliphatic heterocycles. The van der Waals surface area contributed by atoms with E-state index in [0.29, 0.717) is 0 Å². The molecular formula is C12H10N2O5S2. The molecule has 0 radical (unpaired) electrons. The summed E-state index contributed by atoms with van der Waals surface area (Å²) in [5.41, 5.74) is 0.0768. The van der Waals surface area contributed by atoms with E-state index in [1.165, 1.54) is 30.3 Å². The molecule has 0 spiro atoms. The third-order valence-corrected chi connectivity index (χ3v) is 4.69. The van der Waals surface area contributed by atoms with Crippen molar-refractivity contribution in [1.82, 2.24) is 0 Å². The summed E-state index contributed by atoms with van der Waals surface area (Å²) in [6.45, 7) is 0. The maximum atomic E-state index is 12.0. The van der Waals surface area contributed by atoms with Crippen molar-refractivity contribution in [1.29, 1.82) is 0 Å². The maximum Gasteiger partial charge on any atom is 0.269 e. The third kappa shape index (κ3) is 3.44. The van der Waals surface area contributed by atoms with Crippen LogP contribution in [0.4, 0.5) is 10.7 Å². The van der Waals surface area contributed by atoms with E-state index in [1.54, 1.807) is 5.38 Å². The van der Waals surface area contributed by atoms with Crippen LogP contribution in [0.1, 0.15) is 10.4 Å². The Labute approximate surface area is 124 Å². The van der Waals surface area contributed by atoms with E-state index in [2.05, 4.69) is 5.32 Å². The highest BCUT2D eigenvalue weighted by molar-refractivity contribution is 7.91. The lowest BCUT2D eigenvalue weighted by Crippen LogP contribution is -2.13. The number of amides is 1. The number of hydrogen-bond donors (Lipinski definition) is 1. The fourth-order valence-electron chi connectivity index (χ4n) is 1.59. The van der Waals surface area contributed by atoms with Crippen LogP contribution >= 0.6 is 11.3 Å². The van der Waals surface area contributed by atoms with Crippen LogP contribution in [-0.2, 0) is 9.84 Å². The third-order valence-electron chi connectivity index (χ3n) is 2.60. The van der Waals surface area contributed by atoms with Gasteiger partial charge in [0.25, 0.3) is 11.6 Å². The molecule has 1 N–H and O–H groups in total. The fraction of sp³-hybridized carbons (Fsp3) is 0.0833. The van der Waals surface area contributed by atoms with Crippen LogP contribution in [0.15, 0.2) is 40.6 Å². The second kappa shape index (κ2) is 5.62. The lowest BCUT2D eigenvalue weighted by molar-refractivity contribution is -0.384. The second-order valence-electron chi connectivity index (χ2n) is 4.14. The molecule has 0 aliphatic rings. The van der Waals surface area contributed by atoms with Crippen LogP contribution in [0, 0.1) is 10.1 Å². The molecule has 1 aromatic heterocycles. The van der Waals surface area contributed by atoms with Gasteiger partial charge >= 0.3 is 0 Å². The normalized spacial score (nSPS) is 11.1. The van der Waals surface area contributed by atoms with Crippen LogP contribution in [-0.4, -0.2) is 25.5 Å². The van der Waals surface area contributed by atoms with Crippen molar-refractivity contribution in [3.63, 3.8) is 0 Å². The smallest absolute Gasteiger partial charge is 0.269 e. The summed E-state index contributed by atoms with van der Waals surface area (Å²) in [6.07, 6.45) is 1.05. The SMILES string of the molecule is CS(=O)(=O)c1ccsc1NC(=O)c1ccc([N+](=O)[O-])cc1. The van der Waals surface area contributed by atoms with Gasteiger partial charge in [0.05, 0.1) is 4.92 Å². The number of carbonyl (C=O) groups excluding carboxylic acids is 1. The Morgan fingerprint density at radius 3 is 2.38 bits per heavy atom. The number of nitro groups is 1. The average Bonchev–Trinajstić information content (AvgIpc) is 2.87. The quantitative estimate of drug-likeness (QED) is 0.685. The first-order valence-electron chi connectivity index (χ1n) is 5.62. The fourth-order valence-corrected chi connectivity index (χ4v) is 3.65. The zero-order chi connectivity index (χ0) is 15.6. The van der Waals surface area contributed by atoms with Gasteiger partial charge in [-0.15, -0.1) is 11.3 Å². The first-order chi connectivity index (χ1) is 9.79. The van der Waals surface area contributed by atoms with Gasteiger partial charge in [0.1, 0.15) is 9.90 Å². The summed E-state index contributed by atoms with van der Waals surface area (Å²) < 4.78 is 23.1. The first kappa shape index (κ1) is 15.1. The van der Waals surface area contributed by atoms with E-state index in [1.807, 2.05) is 0 Å². The van der Waals surface area contributed by atoms with Crippen LogP contribution in [0.3, 0.4) is 0 Å². The molecule has 2 aromatic rings. The minimum absolute atomic E-state index is 0.0442. The molecule has 0 saturated carbocycles. The Kier molecular flexibility index (Phi) is 4.05. The van der Waals surface area contributed by atoms with Gasteiger partial charge in [-0.1, -0.05) is 0 Å². The van der Waals surface area contributed by atoms with Crippen molar-refractivity contribution >= 4 is 37.8 Å². The molecule has 0 atom stereocenters. The van der Waals surface area contributed by atoms with Gasteiger partial charge in [0.2, 0.25) is 0 Å². The first-order valence-corrected chi connectivity index (χ1v) is 8.39. The van der Waals surface area contributed by atoms with E-state index in [9.17, 15) is 23.3 Å². The molecular weight excluding hydrogens is 316 g/mol. The highest BCUT2D eigenvalue weighted by atomic mass is 32.2. The van der Waals surface area contributed by atoms with Crippen molar-refractivity contribution < 1.29 is 18.1 Å². The number of nitrogens with zero attached hydrogens (tertiary/aromatic N) is 1. The maximum absolute atomic E-state index is 12.0. The lowest BCUT2D eigenvalue weighted by Gasteiger charge is -2.05. The molecule has 0 aliphatic carbocycles. The number of thiophene rings is 1. The predicted octanol–water partition coefficient (Wildman–Crippen LogP) is 2.31. The topological polar surface area (TPSA) is 106 Å². The van der Waals surface area contributed by atoms with E-state index in [0.717, 1.165) is 17.6 Å². The Bertz CT molecular complexity index is 793. The molecule has 0 saturated heterocycles. The number of benzene rings is 1. The van der Waals surface area contributed by atoms with E-state index >= 15 is 0 Å². The van der Waals surface area contributed by atoms with Crippen molar-refractivity contribution in [2.75, 3.05) is 11.6 Å². The predicted molar refractivity (Wildman–Crippen MR) is 78.5 cm³/mol. The average molecular weight is 326 g/mol. The molecule has 0 unspecified atom stereocenters. The van der Waals surface area contributed by atoms with Crippen LogP contribution < -0.4 is 5.32 Å². The molecule has 7 nitrogen and oxygen atoms in total. The molecule has 1 aromatic carbocycles. The number of nitrogens with one attached hydrogen (secondary N) is 1. The van der Waals surface area contributed by atoms with Gasteiger partial charge < -0.3 is 5.32 Å². The van der Waals surface area contributed by atoms with E-state index < -0.39 is 20.7 Å². The minimum Gasteiger partial charge on any atom is -0.312 e. The van der Waals surface area contributed by atoms with E-state index in [-0.39, 0.29) is 21.1 Å². The van der Waals surface area contributed by atoms with Crippen LogP contribution in [0.25, 0.3) is 0 Å². The summed E-state index contributed by atoms with van der Waals surface area (Å²) in [7, 11) is -3.43. The molecule has 0 bridgehead atoms. The van der Waals surface area contributed by atoms with Gasteiger partial charge in [-0.05, 0) is 23.6 Å². The summed E-state index contributed by atoms with van der Waals surface area (Å²) in [5, 5.41) is 14.8. The van der Waals surface area contributed by atoms with E-state index in [4.69, 9.17) is 0 Å². The van der Waals surface area contributed by atoms with Crippen molar-refractivity contribution in [2.45, 2.75) is 4.90 Å². The Morgan fingerprint density at radius 2 is 1.86 bits per heavy atom. The molecule has 9 heteroatoms. The van der Waals surface area contributed by atoms with Gasteiger partial charge in [0, 0.05) is 24.0 Å². The van der Waals surface area contributed by atoms with Gasteiger partial charge in [0.15, 0.2) is 9.84 Å². The Morgan fingerprint density at radius 1 is 1.24 bits per heavy atom. The minimum atomic E-state index is -3.43. The standard InChI is InChI=1S/C12H10N2O5S2/c1-21(18,19)10-6-7-20-12(10)13-11(15)8-2-4-9(5-3-8)14(16)17/h2-7H,1H3,(H,13,15). The second-order valence-corrected chi connectivity index (χ2v) is 7.04. The highest BCUT2D eigenvalue weighted by Crippen LogP contribution is 2.28. The number of non-ortho nitro benzene ring substituents is 1. The summed E-state index contributed by atoms with van der Waals surface area (Å²) in [6, 6.07) is 6.44. The van der Waals surface area contributed by atoms with Gasteiger partial charge in [-0.25, -0.2) is 8.42 Å². The number of hydrogen-bond acceptors (Lipinski definition) is 6. The zero-order valence-electron chi connectivity index (χ0n) is 10.8.